The van der Waals surface area contributed by atoms with Gasteiger partial charge in [0.1, 0.15) is 0 Å². The van der Waals surface area contributed by atoms with Crippen molar-refractivity contribution in [3.63, 3.8) is 0 Å². The summed E-state index contributed by atoms with van der Waals surface area (Å²) in [6.45, 7) is -0.0931. The number of imide groups is 1. The number of para-hydroxylation sites is 1. The molecule has 1 aliphatic heterocycles. The summed E-state index contributed by atoms with van der Waals surface area (Å²) in [6.07, 6.45) is -1.95. The molecule has 1 aromatic rings. The predicted octanol–water partition coefficient (Wildman–Crippen LogP) is 3.07. The van der Waals surface area contributed by atoms with Crippen LogP contribution in [0.4, 0.5) is 18.9 Å². The maximum atomic E-state index is 13.0. The summed E-state index contributed by atoms with van der Waals surface area (Å²) in [5.74, 6) is -1.10. The molecule has 0 radical (unpaired) electrons. The number of benzene rings is 1. The van der Waals surface area contributed by atoms with Crippen molar-refractivity contribution < 1.29 is 27.6 Å². The molecular formula is C19H19F3N2O3. The molecule has 5 nitrogen and oxygen atoms in total. The van der Waals surface area contributed by atoms with Gasteiger partial charge in [-0.05, 0) is 43.2 Å². The van der Waals surface area contributed by atoms with Gasteiger partial charge in [0.2, 0.25) is 17.7 Å². The summed E-state index contributed by atoms with van der Waals surface area (Å²) < 4.78 is 39.0. The third-order valence-electron chi connectivity index (χ3n) is 6.09. The Morgan fingerprint density at radius 2 is 1.67 bits per heavy atom. The smallest absolute Gasteiger partial charge is 0.325 e. The fourth-order valence-electron chi connectivity index (χ4n) is 4.96. The molecule has 1 aromatic carbocycles. The van der Waals surface area contributed by atoms with Gasteiger partial charge in [-0.25, -0.2) is 0 Å². The zero-order valence-electron chi connectivity index (χ0n) is 14.5. The SMILES string of the molecule is O=C(CCN1C(=O)[C@H]2[C@@H]3CC[C@H](C3)[C@@H]2C1=O)Nc1ccccc1C(F)(F)F. The summed E-state index contributed by atoms with van der Waals surface area (Å²) >= 11 is 0. The molecule has 1 saturated heterocycles. The van der Waals surface area contributed by atoms with Crippen molar-refractivity contribution in [1.29, 1.82) is 0 Å². The Labute approximate surface area is 153 Å². The highest BCUT2D eigenvalue weighted by molar-refractivity contribution is 6.06. The van der Waals surface area contributed by atoms with Crippen molar-refractivity contribution in [2.75, 3.05) is 11.9 Å². The van der Waals surface area contributed by atoms with Crippen molar-refractivity contribution >= 4 is 23.4 Å². The van der Waals surface area contributed by atoms with E-state index in [1.807, 2.05) is 0 Å². The van der Waals surface area contributed by atoms with E-state index >= 15 is 0 Å². The molecule has 1 heterocycles. The molecule has 3 aliphatic rings. The number of carbonyl (C=O) groups is 3. The summed E-state index contributed by atoms with van der Waals surface area (Å²) in [4.78, 5) is 38.4. The van der Waals surface area contributed by atoms with Crippen molar-refractivity contribution in [2.45, 2.75) is 31.9 Å². The molecule has 2 aliphatic carbocycles. The Hall–Kier alpha value is -2.38. The number of hydrogen-bond donors (Lipinski definition) is 1. The number of halogens is 3. The van der Waals surface area contributed by atoms with Gasteiger partial charge in [-0.3, -0.25) is 19.3 Å². The first-order valence-corrected chi connectivity index (χ1v) is 9.08. The third kappa shape index (κ3) is 3.00. The molecule has 144 valence electrons. The topological polar surface area (TPSA) is 66.5 Å². The number of amides is 3. The van der Waals surface area contributed by atoms with Crippen LogP contribution in [0.25, 0.3) is 0 Å². The fourth-order valence-corrected chi connectivity index (χ4v) is 4.96. The molecule has 4 rings (SSSR count). The van der Waals surface area contributed by atoms with E-state index in [9.17, 15) is 27.6 Å². The first kappa shape index (κ1) is 18.0. The number of alkyl halides is 3. The lowest BCUT2D eigenvalue weighted by Crippen LogP contribution is -2.35. The van der Waals surface area contributed by atoms with Crippen molar-refractivity contribution in [2.24, 2.45) is 23.7 Å². The number of nitrogens with zero attached hydrogens (tertiary/aromatic N) is 1. The summed E-state index contributed by atoms with van der Waals surface area (Å²) in [6, 6.07) is 4.71. The summed E-state index contributed by atoms with van der Waals surface area (Å²) in [7, 11) is 0. The highest BCUT2D eigenvalue weighted by atomic mass is 19.4. The van der Waals surface area contributed by atoms with Crippen LogP contribution in [0.1, 0.15) is 31.2 Å². The number of nitrogens with one attached hydrogen (secondary N) is 1. The van der Waals surface area contributed by atoms with Crippen LogP contribution in [0, 0.1) is 23.7 Å². The Bertz CT molecular complexity index is 780. The van der Waals surface area contributed by atoms with Gasteiger partial charge in [-0.1, -0.05) is 12.1 Å². The van der Waals surface area contributed by atoms with Crippen LogP contribution < -0.4 is 5.32 Å². The number of fused-ring (bicyclic) bond motifs is 5. The Kier molecular flexibility index (Phi) is 4.24. The third-order valence-corrected chi connectivity index (χ3v) is 6.09. The molecule has 0 aromatic heterocycles. The van der Waals surface area contributed by atoms with Crippen LogP contribution in [-0.4, -0.2) is 29.2 Å². The minimum atomic E-state index is -4.58. The zero-order valence-corrected chi connectivity index (χ0v) is 14.5. The van der Waals surface area contributed by atoms with Crippen molar-refractivity contribution in [1.82, 2.24) is 4.90 Å². The van der Waals surface area contributed by atoms with Crippen LogP contribution in [0.3, 0.4) is 0 Å². The van der Waals surface area contributed by atoms with E-state index in [-0.39, 0.29) is 54.1 Å². The summed E-state index contributed by atoms with van der Waals surface area (Å²) in [5.41, 5.74) is -1.26. The van der Waals surface area contributed by atoms with Crippen molar-refractivity contribution in [3.05, 3.63) is 29.8 Å². The largest absolute Gasteiger partial charge is 0.418 e. The molecular weight excluding hydrogens is 361 g/mol. The fraction of sp³-hybridized carbons (Fsp3) is 0.526. The number of carbonyl (C=O) groups excluding carboxylic acids is 3. The average molecular weight is 380 g/mol. The minimum Gasteiger partial charge on any atom is -0.325 e. The van der Waals surface area contributed by atoms with Crippen LogP contribution in [-0.2, 0) is 20.6 Å². The Morgan fingerprint density at radius 1 is 1.07 bits per heavy atom. The molecule has 27 heavy (non-hydrogen) atoms. The molecule has 4 atom stereocenters. The van der Waals surface area contributed by atoms with E-state index < -0.39 is 17.6 Å². The standard InChI is InChI=1S/C19H19F3N2O3/c20-19(21,22)12-3-1-2-4-13(12)23-14(25)7-8-24-17(26)15-10-5-6-11(9-10)16(15)18(24)27/h1-4,10-11,15-16H,5-9H2,(H,23,25)/t10-,11-,15+,16+/m1/s1. The first-order chi connectivity index (χ1) is 12.8. The zero-order chi connectivity index (χ0) is 19.3. The van der Waals surface area contributed by atoms with E-state index in [1.54, 1.807) is 0 Å². The lowest BCUT2D eigenvalue weighted by atomic mass is 9.81. The lowest BCUT2D eigenvalue weighted by molar-refractivity contribution is -0.141. The van der Waals surface area contributed by atoms with Gasteiger partial charge < -0.3 is 5.32 Å². The number of anilines is 1. The molecule has 2 saturated carbocycles. The van der Waals surface area contributed by atoms with Gasteiger partial charge in [0.05, 0.1) is 23.1 Å². The normalized spacial score (nSPS) is 29.4. The number of rotatable bonds is 4. The second kappa shape index (κ2) is 6.35. The van der Waals surface area contributed by atoms with E-state index in [2.05, 4.69) is 5.32 Å². The predicted molar refractivity (Wildman–Crippen MR) is 89.2 cm³/mol. The van der Waals surface area contributed by atoms with Gasteiger partial charge in [-0.15, -0.1) is 0 Å². The maximum absolute atomic E-state index is 13.0. The quantitative estimate of drug-likeness (QED) is 0.817. The highest BCUT2D eigenvalue weighted by Gasteiger charge is 2.60. The molecule has 8 heteroatoms. The number of likely N-dealkylation sites (tertiary alicyclic amines) is 1. The number of hydrogen-bond acceptors (Lipinski definition) is 3. The van der Waals surface area contributed by atoms with Crippen LogP contribution in [0.5, 0.6) is 0 Å². The first-order valence-electron chi connectivity index (χ1n) is 9.08. The molecule has 0 spiro atoms. The Balaban J connectivity index is 1.40. The van der Waals surface area contributed by atoms with Gasteiger partial charge in [0.25, 0.3) is 0 Å². The molecule has 3 fully saturated rings. The monoisotopic (exact) mass is 380 g/mol. The molecule has 2 bridgehead atoms. The second-order valence-corrected chi connectivity index (χ2v) is 7.55. The van der Waals surface area contributed by atoms with E-state index in [1.165, 1.54) is 18.2 Å². The van der Waals surface area contributed by atoms with Gasteiger partial charge >= 0.3 is 6.18 Å². The maximum Gasteiger partial charge on any atom is 0.418 e. The van der Waals surface area contributed by atoms with Crippen LogP contribution >= 0.6 is 0 Å². The van der Waals surface area contributed by atoms with Gasteiger partial charge in [-0.2, -0.15) is 13.2 Å². The molecule has 1 N–H and O–H groups in total. The van der Waals surface area contributed by atoms with E-state index in [0.29, 0.717) is 0 Å². The van der Waals surface area contributed by atoms with Crippen LogP contribution in [0.15, 0.2) is 24.3 Å². The van der Waals surface area contributed by atoms with E-state index in [0.717, 1.165) is 30.2 Å². The van der Waals surface area contributed by atoms with Gasteiger partial charge in [0, 0.05) is 13.0 Å². The van der Waals surface area contributed by atoms with Crippen LogP contribution in [0.2, 0.25) is 0 Å². The van der Waals surface area contributed by atoms with Crippen molar-refractivity contribution in [3.8, 4) is 0 Å². The average Bonchev–Trinajstić information content (AvgIpc) is 3.27. The Morgan fingerprint density at radius 3 is 2.26 bits per heavy atom. The highest BCUT2D eigenvalue weighted by Crippen LogP contribution is 2.56. The van der Waals surface area contributed by atoms with E-state index in [4.69, 9.17) is 0 Å². The molecule has 0 unspecified atom stereocenters. The summed E-state index contributed by atoms with van der Waals surface area (Å²) in [5, 5.41) is 2.24. The minimum absolute atomic E-state index is 0.0931. The second-order valence-electron chi connectivity index (χ2n) is 7.55. The van der Waals surface area contributed by atoms with Gasteiger partial charge in [0.15, 0.2) is 0 Å². The molecule has 3 amide bonds. The lowest BCUT2D eigenvalue weighted by Gasteiger charge is -2.19.